The molecule has 0 bridgehead atoms. The molecule has 30 heavy (non-hydrogen) atoms. The summed E-state index contributed by atoms with van der Waals surface area (Å²) < 4.78 is 4.95. The Hall–Kier alpha value is -2.93. The van der Waals surface area contributed by atoms with Crippen LogP contribution in [0.15, 0.2) is 54.6 Å². The van der Waals surface area contributed by atoms with Gasteiger partial charge < -0.3 is 10.1 Å². The molecule has 6 nitrogen and oxygen atoms in total. The molecule has 1 amide bonds. The average Bonchev–Trinajstić information content (AvgIpc) is 2.75. The molecule has 0 unspecified atom stereocenters. The van der Waals surface area contributed by atoms with E-state index in [1.165, 1.54) is 6.92 Å². The third-order valence-electron chi connectivity index (χ3n) is 4.38. The molecule has 0 saturated heterocycles. The van der Waals surface area contributed by atoms with Crippen molar-refractivity contribution >= 4 is 34.5 Å². The van der Waals surface area contributed by atoms with Crippen molar-refractivity contribution in [2.45, 2.75) is 32.7 Å². The number of nitrogens with one attached hydrogen (secondary N) is 1. The summed E-state index contributed by atoms with van der Waals surface area (Å²) in [4.78, 5) is 48.7. The lowest BCUT2D eigenvalue weighted by Crippen LogP contribution is -2.43. The fraction of sp³-hybridized carbons (Fsp3) is 0.304. The van der Waals surface area contributed by atoms with E-state index in [4.69, 9.17) is 4.74 Å². The Labute approximate surface area is 180 Å². The summed E-state index contributed by atoms with van der Waals surface area (Å²) in [5.74, 6) is -1.47. The summed E-state index contributed by atoms with van der Waals surface area (Å²) >= 11 is 0.955. The summed E-state index contributed by atoms with van der Waals surface area (Å²) in [6, 6.07) is 15.0. The van der Waals surface area contributed by atoms with Crippen LogP contribution in [0.1, 0.15) is 48.2 Å². The molecule has 0 spiro atoms. The highest BCUT2D eigenvalue weighted by molar-refractivity contribution is 8.13. The normalized spacial score (nSPS) is 12.5. The summed E-state index contributed by atoms with van der Waals surface area (Å²) in [7, 11) is 0. The zero-order chi connectivity index (χ0) is 22.1. The minimum Gasteiger partial charge on any atom is -0.464 e. The number of carbonyl (C=O) groups excluding carboxylic acids is 4. The maximum absolute atomic E-state index is 12.7. The second-order valence-electron chi connectivity index (χ2n) is 6.68. The fourth-order valence-corrected chi connectivity index (χ4v) is 3.73. The van der Waals surface area contributed by atoms with Crippen molar-refractivity contribution < 1.29 is 23.9 Å². The predicted octanol–water partition coefficient (Wildman–Crippen LogP) is 3.35. The van der Waals surface area contributed by atoms with Gasteiger partial charge in [-0.05, 0) is 18.6 Å². The molecular formula is C23H25NO5S. The third-order valence-corrected chi connectivity index (χ3v) is 5.52. The van der Waals surface area contributed by atoms with E-state index in [1.807, 2.05) is 6.07 Å². The molecule has 0 aliphatic heterocycles. The zero-order valence-corrected chi connectivity index (χ0v) is 18.0. The number of ether oxygens (including phenoxy) is 1. The lowest BCUT2D eigenvalue weighted by atomic mass is 9.96. The van der Waals surface area contributed by atoms with Gasteiger partial charge in [0.1, 0.15) is 6.04 Å². The molecule has 2 atom stereocenters. The van der Waals surface area contributed by atoms with Crippen LogP contribution >= 0.6 is 11.8 Å². The number of hydrogen-bond acceptors (Lipinski definition) is 6. The molecular weight excluding hydrogens is 402 g/mol. The highest BCUT2D eigenvalue weighted by Gasteiger charge is 2.24. The molecule has 158 valence electrons. The maximum Gasteiger partial charge on any atom is 0.329 e. The number of amides is 1. The average molecular weight is 428 g/mol. The molecule has 0 heterocycles. The van der Waals surface area contributed by atoms with E-state index in [9.17, 15) is 19.2 Å². The smallest absolute Gasteiger partial charge is 0.329 e. The van der Waals surface area contributed by atoms with E-state index >= 15 is 0 Å². The number of rotatable bonds is 9. The van der Waals surface area contributed by atoms with Crippen LogP contribution in [0.3, 0.4) is 0 Å². The van der Waals surface area contributed by atoms with Gasteiger partial charge in [0.05, 0.1) is 12.5 Å². The maximum atomic E-state index is 12.7. The van der Waals surface area contributed by atoms with E-state index < -0.39 is 17.9 Å². The summed E-state index contributed by atoms with van der Waals surface area (Å²) in [5, 5.41) is 2.34. The Morgan fingerprint density at radius 1 is 1.00 bits per heavy atom. The highest BCUT2D eigenvalue weighted by atomic mass is 32.2. The molecule has 0 aliphatic rings. The van der Waals surface area contributed by atoms with Crippen LogP contribution in [0.5, 0.6) is 0 Å². The number of carbonyl (C=O) groups is 4. The van der Waals surface area contributed by atoms with Gasteiger partial charge in [-0.15, -0.1) is 0 Å². The number of ketones is 1. The Balaban J connectivity index is 2.07. The lowest BCUT2D eigenvalue weighted by Gasteiger charge is -2.17. The minimum atomic E-state index is -0.894. The topological polar surface area (TPSA) is 89.5 Å². The van der Waals surface area contributed by atoms with Gasteiger partial charge in [-0.3, -0.25) is 14.4 Å². The summed E-state index contributed by atoms with van der Waals surface area (Å²) in [6.07, 6.45) is 0. The van der Waals surface area contributed by atoms with E-state index in [-0.39, 0.29) is 29.2 Å². The van der Waals surface area contributed by atoms with E-state index in [2.05, 4.69) is 5.32 Å². The summed E-state index contributed by atoms with van der Waals surface area (Å²) in [6.45, 7) is 4.91. The first kappa shape index (κ1) is 23.3. The number of thioether (sulfide) groups is 1. The van der Waals surface area contributed by atoms with Gasteiger partial charge in [-0.2, -0.15) is 0 Å². The van der Waals surface area contributed by atoms with Crippen molar-refractivity contribution in [3.05, 3.63) is 71.3 Å². The third kappa shape index (κ3) is 6.56. The number of benzene rings is 2. The first-order valence-electron chi connectivity index (χ1n) is 9.63. The molecule has 2 aromatic rings. The second kappa shape index (κ2) is 11.3. The van der Waals surface area contributed by atoms with Crippen LogP contribution < -0.4 is 5.32 Å². The van der Waals surface area contributed by atoms with Gasteiger partial charge in [0.25, 0.3) is 0 Å². The molecule has 1 N–H and O–H groups in total. The Bertz CT molecular complexity index is 913. The van der Waals surface area contributed by atoms with Crippen LogP contribution in [0.4, 0.5) is 0 Å². The van der Waals surface area contributed by atoms with Gasteiger partial charge in [0.15, 0.2) is 10.9 Å². The zero-order valence-electron chi connectivity index (χ0n) is 17.2. The van der Waals surface area contributed by atoms with Crippen molar-refractivity contribution in [1.82, 2.24) is 5.32 Å². The molecule has 2 aromatic carbocycles. The molecule has 0 fully saturated rings. The Morgan fingerprint density at radius 2 is 1.67 bits per heavy atom. The fourth-order valence-electron chi connectivity index (χ4n) is 2.79. The van der Waals surface area contributed by atoms with Crippen LogP contribution in [0.2, 0.25) is 0 Å². The molecule has 0 aromatic heterocycles. The second-order valence-corrected chi connectivity index (χ2v) is 7.70. The van der Waals surface area contributed by atoms with Gasteiger partial charge in [-0.25, -0.2) is 4.79 Å². The molecule has 2 rings (SSSR count). The molecule has 7 heteroatoms. The largest absolute Gasteiger partial charge is 0.464 e. The molecule has 0 radical (unpaired) electrons. The first-order chi connectivity index (χ1) is 14.3. The first-order valence-corrected chi connectivity index (χ1v) is 10.6. The van der Waals surface area contributed by atoms with Crippen molar-refractivity contribution in [2.24, 2.45) is 0 Å². The predicted molar refractivity (Wildman–Crippen MR) is 116 cm³/mol. The minimum absolute atomic E-state index is 0.0736. The van der Waals surface area contributed by atoms with Crippen molar-refractivity contribution in [3.63, 3.8) is 0 Å². The standard InChI is InChI=1S/C23H25NO5S/c1-4-29-22(27)20(24-16(3)25)14-30-23(28)15(2)18-11-8-12-19(13-18)21(26)17-9-6-5-7-10-17/h5-13,15,20H,4,14H2,1-3H3,(H,24,25)/t15-,20-/m0/s1. The Kier molecular flexibility index (Phi) is 8.80. The van der Waals surface area contributed by atoms with Crippen LogP contribution in [-0.4, -0.2) is 41.2 Å². The van der Waals surface area contributed by atoms with Crippen molar-refractivity contribution in [1.29, 1.82) is 0 Å². The van der Waals surface area contributed by atoms with Crippen LogP contribution in [-0.2, 0) is 19.1 Å². The molecule has 0 aliphatic carbocycles. The van der Waals surface area contributed by atoms with Gasteiger partial charge in [0.2, 0.25) is 5.91 Å². The lowest BCUT2D eigenvalue weighted by molar-refractivity contribution is -0.146. The van der Waals surface area contributed by atoms with E-state index in [1.54, 1.807) is 62.4 Å². The van der Waals surface area contributed by atoms with Crippen molar-refractivity contribution in [3.8, 4) is 0 Å². The Morgan fingerprint density at radius 3 is 2.30 bits per heavy atom. The van der Waals surface area contributed by atoms with Crippen molar-refractivity contribution in [2.75, 3.05) is 12.4 Å². The van der Waals surface area contributed by atoms with Gasteiger partial charge in [-0.1, -0.05) is 67.2 Å². The van der Waals surface area contributed by atoms with E-state index in [0.717, 1.165) is 11.8 Å². The van der Waals surface area contributed by atoms with E-state index in [0.29, 0.717) is 16.7 Å². The monoisotopic (exact) mass is 427 g/mol. The van der Waals surface area contributed by atoms with Gasteiger partial charge in [0, 0.05) is 23.8 Å². The number of esters is 1. The molecule has 0 saturated carbocycles. The quantitative estimate of drug-likeness (QED) is 0.488. The highest BCUT2D eigenvalue weighted by Crippen LogP contribution is 2.24. The van der Waals surface area contributed by atoms with Gasteiger partial charge >= 0.3 is 5.97 Å². The SMILES string of the molecule is CCOC(=O)[C@H](CSC(=O)[C@@H](C)c1cccc(C(=O)c2ccccc2)c1)NC(C)=O. The summed E-state index contributed by atoms with van der Waals surface area (Å²) in [5.41, 5.74) is 1.79. The number of hydrogen-bond donors (Lipinski definition) is 1. The van der Waals surface area contributed by atoms with Crippen LogP contribution in [0.25, 0.3) is 0 Å². The van der Waals surface area contributed by atoms with Crippen LogP contribution in [0, 0.1) is 0 Å².